The fourth-order valence-corrected chi connectivity index (χ4v) is 6.04. The van der Waals surface area contributed by atoms with Crippen molar-refractivity contribution in [3.63, 3.8) is 0 Å². The summed E-state index contributed by atoms with van der Waals surface area (Å²) in [4.78, 5) is 2.57. The third-order valence-corrected chi connectivity index (χ3v) is 7.79. The highest BCUT2D eigenvalue weighted by molar-refractivity contribution is 7.56. The second-order valence-corrected chi connectivity index (χ2v) is 10.2. The molecule has 0 bridgehead atoms. The van der Waals surface area contributed by atoms with E-state index in [4.69, 9.17) is 4.74 Å². The molecule has 1 unspecified atom stereocenters. The van der Waals surface area contributed by atoms with Crippen LogP contribution in [-0.4, -0.2) is 13.1 Å². The van der Waals surface area contributed by atoms with Crippen LogP contribution in [0.1, 0.15) is 36.0 Å². The van der Waals surface area contributed by atoms with Gasteiger partial charge in [0, 0.05) is 35.8 Å². The molecular formula is C31H32NOP. The first kappa shape index (κ1) is 22.7. The van der Waals surface area contributed by atoms with Gasteiger partial charge in [-0.2, -0.15) is 0 Å². The van der Waals surface area contributed by atoms with Crippen LogP contribution in [0.4, 0.5) is 5.69 Å². The third-order valence-electron chi connectivity index (χ3n) is 6.43. The number of piperidine rings is 1. The first-order valence-corrected chi connectivity index (χ1v) is 13.3. The maximum absolute atomic E-state index is 6.58. The zero-order valence-electron chi connectivity index (χ0n) is 19.6. The maximum atomic E-state index is 6.58. The Bertz CT molecular complexity index is 1190. The maximum Gasteiger partial charge on any atom is 0.131 e. The van der Waals surface area contributed by atoms with E-state index >= 15 is 0 Å². The summed E-state index contributed by atoms with van der Waals surface area (Å²) in [6, 6.07) is 36.8. The zero-order chi connectivity index (χ0) is 23.0. The highest BCUT2D eigenvalue weighted by Crippen LogP contribution is 2.30. The molecule has 0 N–H and O–H groups in total. The van der Waals surface area contributed by atoms with Gasteiger partial charge in [-0.1, -0.05) is 106 Å². The number of ether oxygens (including phenoxy) is 1. The highest BCUT2D eigenvalue weighted by atomic mass is 31.1. The van der Waals surface area contributed by atoms with Gasteiger partial charge >= 0.3 is 0 Å². The molecule has 1 fully saturated rings. The van der Waals surface area contributed by atoms with Gasteiger partial charge in [-0.15, -0.1) is 0 Å². The van der Waals surface area contributed by atoms with Gasteiger partial charge in [-0.05, 0) is 42.0 Å². The summed E-state index contributed by atoms with van der Waals surface area (Å²) in [5.41, 5.74) is 5.15. The van der Waals surface area contributed by atoms with Gasteiger partial charge in [0.25, 0.3) is 0 Å². The predicted molar refractivity (Wildman–Crippen MR) is 147 cm³/mol. The lowest BCUT2D eigenvalue weighted by Gasteiger charge is -2.30. The fraction of sp³-hybridized carbons (Fsp3) is 0.226. The van der Waals surface area contributed by atoms with E-state index < -0.39 is 0 Å². The Morgan fingerprint density at radius 1 is 0.618 bits per heavy atom. The van der Waals surface area contributed by atoms with Crippen LogP contribution in [-0.2, 0) is 13.0 Å². The molecule has 5 rings (SSSR count). The third kappa shape index (κ3) is 5.69. The van der Waals surface area contributed by atoms with Crippen molar-refractivity contribution in [2.45, 2.75) is 32.3 Å². The molecule has 1 aliphatic heterocycles. The summed E-state index contributed by atoms with van der Waals surface area (Å²) in [6.07, 6.45) is 4.79. The molecule has 4 aromatic rings. The predicted octanol–water partition coefficient (Wildman–Crippen LogP) is 6.48. The van der Waals surface area contributed by atoms with Gasteiger partial charge < -0.3 is 9.64 Å². The Morgan fingerprint density at radius 2 is 1.26 bits per heavy atom. The minimum atomic E-state index is 0.557. The van der Waals surface area contributed by atoms with E-state index in [1.807, 2.05) is 0 Å². The lowest BCUT2D eigenvalue weighted by Crippen LogP contribution is -2.32. The van der Waals surface area contributed by atoms with Gasteiger partial charge in [-0.25, -0.2) is 0 Å². The number of para-hydroxylation sites is 2. The Labute approximate surface area is 205 Å². The van der Waals surface area contributed by atoms with E-state index in [-0.39, 0.29) is 0 Å². The van der Waals surface area contributed by atoms with Crippen LogP contribution in [0.3, 0.4) is 0 Å². The summed E-state index contributed by atoms with van der Waals surface area (Å²) >= 11 is 0. The molecule has 0 aliphatic carbocycles. The van der Waals surface area contributed by atoms with Crippen molar-refractivity contribution in [2.24, 2.45) is 0 Å². The summed E-state index contributed by atoms with van der Waals surface area (Å²) < 4.78 is 6.58. The molecule has 4 aromatic carbocycles. The van der Waals surface area contributed by atoms with Crippen LogP contribution in [0, 0.1) is 0 Å². The van der Waals surface area contributed by atoms with Crippen LogP contribution in [0.5, 0.6) is 5.75 Å². The lowest BCUT2D eigenvalue weighted by molar-refractivity contribution is 0.306. The van der Waals surface area contributed by atoms with Gasteiger partial charge in [0.05, 0.1) is 0 Å². The Balaban J connectivity index is 1.47. The molecule has 3 heteroatoms. The monoisotopic (exact) mass is 465 g/mol. The largest absolute Gasteiger partial charge is 0.488 e. The van der Waals surface area contributed by atoms with Crippen molar-refractivity contribution in [3.05, 3.63) is 120 Å². The van der Waals surface area contributed by atoms with E-state index in [9.17, 15) is 0 Å². The molecule has 1 atom stereocenters. The van der Waals surface area contributed by atoms with Crippen molar-refractivity contribution in [1.82, 2.24) is 0 Å². The molecule has 0 amide bonds. The molecular weight excluding hydrogens is 433 g/mol. The van der Waals surface area contributed by atoms with Crippen molar-refractivity contribution < 1.29 is 4.74 Å². The number of hydrogen-bond acceptors (Lipinski definition) is 2. The van der Waals surface area contributed by atoms with Gasteiger partial charge in [0.15, 0.2) is 0 Å². The SMILES string of the molecule is c1ccc(COc2c(Cc3ccccc3)cccc2Pc2ccccc2N2CCCCC2)cc1. The summed E-state index contributed by atoms with van der Waals surface area (Å²) in [5, 5.41) is 2.69. The van der Waals surface area contributed by atoms with E-state index in [2.05, 4.69) is 108 Å². The van der Waals surface area contributed by atoms with Crippen molar-refractivity contribution in [3.8, 4) is 5.75 Å². The number of rotatable bonds is 8. The molecule has 172 valence electrons. The van der Waals surface area contributed by atoms with Crippen LogP contribution in [0.15, 0.2) is 103 Å². The van der Waals surface area contributed by atoms with Crippen LogP contribution >= 0.6 is 8.58 Å². The number of anilines is 1. The van der Waals surface area contributed by atoms with Crippen molar-refractivity contribution in [1.29, 1.82) is 0 Å². The molecule has 0 spiro atoms. The number of benzene rings is 4. The van der Waals surface area contributed by atoms with Gasteiger partial charge in [-0.3, -0.25) is 0 Å². The quantitative estimate of drug-likeness (QED) is 0.276. The van der Waals surface area contributed by atoms with E-state index in [1.54, 1.807) is 0 Å². The summed E-state index contributed by atoms with van der Waals surface area (Å²) in [5.74, 6) is 1.04. The van der Waals surface area contributed by atoms with E-state index in [0.29, 0.717) is 15.2 Å². The van der Waals surface area contributed by atoms with Crippen molar-refractivity contribution >= 4 is 24.9 Å². The van der Waals surface area contributed by atoms with Gasteiger partial charge in [0.1, 0.15) is 12.4 Å². The van der Waals surface area contributed by atoms with Crippen LogP contribution < -0.4 is 20.2 Å². The molecule has 1 heterocycles. The Kier molecular flexibility index (Phi) is 7.58. The Morgan fingerprint density at radius 3 is 2.03 bits per heavy atom. The van der Waals surface area contributed by atoms with Crippen LogP contribution in [0.2, 0.25) is 0 Å². The van der Waals surface area contributed by atoms with Gasteiger partial charge in [0.2, 0.25) is 0 Å². The summed E-state index contributed by atoms with van der Waals surface area (Å²) in [6.45, 7) is 2.90. The van der Waals surface area contributed by atoms with Crippen molar-refractivity contribution in [2.75, 3.05) is 18.0 Å². The zero-order valence-corrected chi connectivity index (χ0v) is 20.6. The molecule has 1 saturated heterocycles. The normalized spacial score (nSPS) is 13.9. The minimum Gasteiger partial charge on any atom is -0.488 e. The highest BCUT2D eigenvalue weighted by Gasteiger charge is 2.17. The molecule has 0 radical (unpaired) electrons. The molecule has 0 saturated carbocycles. The second kappa shape index (κ2) is 11.4. The second-order valence-electron chi connectivity index (χ2n) is 8.92. The molecule has 34 heavy (non-hydrogen) atoms. The average molecular weight is 466 g/mol. The lowest BCUT2D eigenvalue weighted by atomic mass is 10.0. The van der Waals surface area contributed by atoms with Crippen LogP contribution in [0.25, 0.3) is 0 Å². The smallest absolute Gasteiger partial charge is 0.131 e. The number of hydrogen-bond donors (Lipinski definition) is 0. The first-order valence-electron chi connectivity index (χ1n) is 12.3. The van der Waals surface area contributed by atoms with E-state index in [1.165, 1.54) is 52.2 Å². The number of nitrogens with zero attached hydrogens (tertiary/aromatic N) is 1. The van der Waals surface area contributed by atoms with E-state index in [0.717, 1.165) is 25.3 Å². The topological polar surface area (TPSA) is 12.5 Å². The summed E-state index contributed by atoms with van der Waals surface area (Å²) in [7, 11) is 0.557. The standard InChI is InChI=1S/C31H32NOP/c1-4-13-25(14-5-1)23-27-17-12-20-30(31(27)33-24-26-15-6-2-7-16-26)34-29-19-9-8-18-28(29)32-21-10-3-11-22-32/h1-2,4-9,12-20,34H,3,10-11,21-24H2. The molecule has 1 aliphatic rings. The molecule has 2 nitrogen and oxygen atoms in total. The molecule has 0 aromatic heterocycles. The average Bonchev–Trinajstić information content (AvgIpc) is 2.90. The minimum absolute atomic E-state index is 0.557. The fourth-order valence-electron chi connectivity index (χ4n) is 4.67. The Hall–Kier alpha value is -3.09. The first-order chi connectivity index (χ1) is 16.9.